The monoisotopic (exact) mass is 264 g/mol. The van der Waals surface area contributed by atoms with E-state index in [9.17, 15) is 39.7 Å². The summed E-state index contributed by atoms with van der Waals surface area (Å²) >= 11 is 0. The fourth-order valence-corrected chi connectivity index (χ4v) is 1.23. The Labute approximate surface area is 76.6 Å². The molecule has 1 N–H and O–H groups in total. The Hall–Kier alpha value is -0.630. The lowest BCUT2D eigenvalue weighted by Crippen LogP contribution is -2.36. The SMILES string of the molecule is O=P(O)(C(F)=C(F)F)C(F)(F)C(F)(F)F. The normalized spacial score (nSPS) is 17.1. The molecule has 0 radical (unpaired) electrons. The molecule has 0 aromatic rings. The van der Waals surface area contributed by atoms with Gasteiger partial charge in [0.2, 0.25) is 0 Å². The van der Waals surface area contributed by atoms with E-state index in [0.717, 1.165) is 0 Å². The Morgan fingerprint density at radius 2 is 1.33 bits per heavy atom. The Bertz CT molecular complexity index is 326. The van der Waals surface area contributed by atoms with Gasteiger partial charge in [-0.05, 0) is 0 Å². The molecule has 1 atom stereocenters. The molecule has 0 amide bonds. The molecule has 0 aromatic heterocycles. The first kappa shape index (κ1) is 14.4. The second-order valence-corrected chi connectivity index (χ2v) is 4.27. The van der Waals surface area contributed by atoms with Crippen LogP contribution in [0.2, 0.25) is 0 Å². The smallest absolute Gasteiger partial charge is 0.335 e. The average Bonchev–Trinajstić information content (AvgIpc) is 2.00. The van der Waals surface area contributed by atoms with Crippen LogP contribution in [0.15, 0.2) is 11.6 Å². The first-order chi connectivity index (χ1) is 6.35. The van der Waals surface area contributed by atoms with Crippen LogP contribution >= 0.6 is 7.37 Å². The van der Waals surface area contributed by atoms with Gasteiger partial charge in [0, 0.05) is 0 Å². The van der Waals surface area contributed by atoms with E-state index in [-0.39, 0.29) is 0 Å². The molecule has 0 aliphatic heterocycles. The summed E-state index contributed by atoms with van der Waals surface area (Å²) < 4.78 is 103. The van der Waals surface area contributed by atoms with Crippen molar-refractivity contribution in [3.05, 3.63) is 11.6 Å². The van der Waals surface area contributed by atoms with E-state index in [0.29, 0.717) is 0 Å². The summed E-state index contributed by atoms with van der Waals surface area (Å²) in [5, 5.41) is 0. The van der Waals surface area contributed by atoms with Gasteiger partial charge in [0.25, 0.3) is 5.57 Å². The third-order valence-corrected chi connectivity index (χ3v) is 2.86. The first-order valence-corrected chi connectivity index (χ1v) is 4.50. The van der Waals surface area contributed by atoms with Crippen LogP contribution in [0.4, 0.5) is 35.1 Å². The van der Waals surface area contributed by atoms with Gasteiger partial charge >= 0.3 is 25.3 Å². The maximum absolute atomic E-state index is 12.1. The average molecular weight is 264 g/mol. The number of hydrogen-bond donors (Lipinski definition) is 1. The molecule has 0 aromatic carbocycles. The van der Waals surface area contributed by atoms with Gasteiger partial charge in [0.1, 0.15) is 0 Å². The zero-order valence-electron chi connectivity index (χ0n) is 6.33. The van der Waals surface area contributed by atoms with Gasteiger partial charge < -0.3 is 4.89 Å². The summed E-state index contributed by atoms with van der Waals surface area (Å²) in [6.07, 6.45) is -10.3. The Morgan fingerprint density at radius 3 is 1.53 bits per heavy atom. The van der Waals surface area contributed by atoms with Crippen molar-refractivity contribution in [3.63, 3.8) is 0 Å². The summed E-state index contributed by atoms with van der Waals surface area (Å²) in [6.45, 7) is 0. The minimum Gasteiger partial charge on any atom is -0.335 e. The molecule has 90 valence electrons. The van der Waals surface area contributed by atoms with Gasteiger partial charge in [-0.3, -0.25) is 4.57 Å². The van der Waals surface area contributed by atoms with E-state index in [1.807, 2.05) is 0 Å². The molecule has 0 aliphatic rings. The predicted octanol–water partition coefficient (Wildman–Crippen LogP) is 3.45. The number of rotatable bonds is 2. The minimum atomic E-state index is -7.16. The van der Waals surface area contributed by atoms with E-state index in [1.54, 1.807) is 0 Å². The lowest BCUT2D eigenvalue weighted by molar-refractivity contribution is -0.245. The van der Waals surface area contributed by atoms with Crippen LogP contribution in [0.3, 0.4) is 0 Å². The molecule has 0 bridgehead atoms. The topological polar surface area (TPSA) is 37.3 Å². The van der Waals surface area contributed by atoms with Crippen molar-refractivity contribution in [2.45, 2.75) is 11.8 Å². The molecule has 0 fully saturated rings. The van der Waals surface area contributed by atoms with Gasteiger partial charge in [0.15, 0.2) is 0 Å². The number of halogens is 8. The number of hydrogen-bond acceptors (Lipinski definition) is 1. The fourth-order valence-electron chi connectivity index (χ4n) is 0.410. The highest BCUT2D eigenvalue weighted by Gasteiger charge is 2.71. The molecular formula is C4HF8O2P. The van der Waals surface area contributed by atoms with Crippen molar-refractivity contribution in [2.75, 3.05) is 0 Å². The Balaban J connectivity index is 5.61. The van der Waals surface area contributed by atoms with E-state index in [1.165, 1.54) is 0 Å². The summed E-state index contributed by atoms with van der Waals surface area (Å²) in [5.74, 6) is 0. The maximum atomic E-state index is 12.1. The summed E-state index contributed by atoms with van der Waals surface area (Å²) in [5.41, 5.74) is -10.1. The third kappa shape index (κ3) is 2.31. The van der Waals surface area contributed by atoms with Crippen LogP contribution in [0, 0.1) is 0 Å². The van der Waals surface area contributed by atoms with Crippen LogP contribution in [0.25, 0.3) is 0 Å². The van der Waals surface area contributed by atoms with Crippen LogP contribution < -0.4 is 0 Å². The second-order valence-electron chi connectivity index (χ2n) is 2.17. The standard InChI is InChI=1S/C4HF8O2P/c5-1(6)2(7)15(13,14)4(11,12)3(8,9)10/h(H,13,14). The summed E-state index contributed by atoms with van der Waals surface area (Å²) in [7, 11) is -7.16. The van der Waals surface area contributed by atoms with E-state index in [2.05, 4.69) is 0 Å². The van der Waals surface area contributed by atoms with Crippen LogP contribution in [-0.2, 0) is 4.57 Å². The highest BCUT2D eigenvalue weighted by molar-refractivity contribution is 7.63. The molecule has 11 heteroatoms. The zero-order valence-corrected chi connectivity index (χ0v) is 7.22. The van der Waals surface area contributed by atoms with Crippen molar-refractivity contribution in [2.24, 2.45) is 0 Å². The van der Waals surface area contributed by atoms with Crippen LogP contribution in [0.1, 0.15) is 0 Å². The van der Waals surface area contributed by atoms with Gasteiger partial charge in [-0.2, -0.15) is 35.1 Å². The second kappa shape index (κ2) is 3.75. The first-order valence-electron chi connectivity index (χ1n) is 2.84. The molecule has 0 spiro atoms. The molecular weight excluding hydrogens is 263 g/mol. The highest BCUT2D eigenvalue weighted by Crippen LogP contribution is 2.69. The summed E-state index contributed by atoms with van der Waals surface area (Å²) in [6, 6.07) is 0. The van der Waals surface area contributed by atoms with Crippen molar-refractivity contribution < 1.29 is 44.6 Å². The lowest BCUT2D eigenvalue weighted by Gasteiger charge is -2.22. The molecule has 0 saturated heterocycles. The van der Waals surface area contributed by atoms with E-state index in [4.69, 9.17) is 4.89 Å². The van der Waals surface area contributed by atoms with Gasteiger partial charge in [-0.15, -0.1) is 0 Å². The lowest BCUT2D eigenvalue weighted by atomic mass is 10.7. The van der Waals surface area contributed by atoms with Gasteiger partial charge in [-0.1, -0.05) is 0 Å². The number of alkyl halides is 5. The molecule has 15 heavy (non-hydrogen) atoms. The maximum Gasteiger partial charge on any atom is 0.464 e. The molecule has 0 rings (SSSR count). The zero-order chi connectivity index (χ0) is 12.7. The molecule has 0 aliphatic carbocycles. The summed E-state index contributed by atoms with van der Waals surface area (Å²) in [4.78, 5) is 7.99. The third-order valence-electron chi connectivity index (χ3n) is 1.14. The van der Waals surface area contributed by atoms with Crippen LogP contribution in [0.5, 0.6) is 0 Å². The molecule has 0 saturated carbocycles. The molecule has 0 heterocycles. The van der Waals surface area contributed by atoms with Gasteiger partial charge in [0.05, 0.1) is 0 Å². The van der Waals surface area contributed by atoms with E-state index >= 15 is 0 Å². The van der Waals surface area contributed by atoms with E-state index < -0.39 is 30.9 Å². The van der Waals surface area contributed by atoms with Crippen LogP contribution in [-0.4, -0.2) is 16.7 Å². The van der Waals surface area contributed by atoms with Crippen molar-refractivity contribution in [1.82, 2.24) is 0 Å². The fraction of sp³-hybridized carbons (Fsp3) is 0.500. The van der Waals surface area contributed by atoms with Crippen molar-refractivity contribution in [3.8, 4) is 0 Å². The quantitative estimate of drug-likeness (QED) is 0.612. The Kier molecular flexibility index (Phi) is 3.59. The van der Waals surface area contributed by atoms with Crippen molar-refractivity contribution in [1.29, 1.82) is 0 Å². The minimum absolute atomic E-state index is 3.66. The molecule has 1 unspecified atom stereocenters. The van der Waals surface area contributed by atoms with Crippen molar-refractivity contribution >= 4 is 7.37 Å². The van der Waals surface area contributed by atoms with Gasteiger partial charge in [-0.25, -0.2) is 0 Å². The Morgan fingerprint density at radius 1 is 1.00 bits per heavy atom. The molecule has 2 nitrogen and oxygen atoms in total. The largest absolute Gasteiger partial charge is 0.464 e. The highest BCUT2D eigenvalue weighted by atomic mass is 31.2. The predicted molar refractivity (Wildman–Crippen MR) is 31.2 cm³/mol.